The summed E-state index contributed by atoms with van der Waals surface area (Å²) in [6.45, 7) is -0.551. The van der Waals surface area contributed by atoms with Crippen molar-refractivity contribution in [1.29, 1.82) is 0 Å². The Morgan fingerprint density at radius 3 is 2.44 bits per heavy atom. The van der Waals surface area contributed by atoms with Crippen molar-refractivity contribution in [3.8, 4) is 5.75 Å². The van der Waals surface area contributed by atoms with Crippen LogP contribution in [0.1, 0.15) is 5.56 Å². The molecule has 0 radical (unpaired) electrons. The van der Waals surface area contributed by atoms with Gasteiger partial charge in [-0.2, -0.15) is 0 Å². The minimum Gasteiger partial charge on any atom is -0.497 e. The van der Waals surface area contributed by atoms with Crippen LogP contribution in [0.3, 0.4) is 0 Å². The molecular weight excluding hydrogens is 332 g/mol. The summed E-state index contributed by atoms with van der Waals surface area (Å²) in [5, 5.41) is 2.29. The summed E-state index contributed by atoms with van der Waals surface area (Å²) >= 11 is 0. The lowest BCUT2D eigenvalue weighted by molar-refractivity contribution is -0.142. The molecule has 1 amide bonds. The fraction of sp³-hybridized carbons (Fsp3) is 0.111. The van der Waals surface area contributed by atoms with Gasteiger partial charge in [0.2, 0.25) is 0 Å². The topological polar surface area (TPSA) is 64.6 Å². The van der Waals surface area contributed by atoms with Crippen LogP contribution in [0, 0.1) is 11.6 Å². The van der Waals surface area contributed by atoms with Gasteiger partial charge in [0.1, 0.15) is 5.75 Å². The van der Waals surface area contributed by atoms with Gasteiger partial charge in [0.05, 0.1) is 7.11 Å². The zero-order valence-electron chi connectivity index (χ0n) is 13.3. The van der Waals surface area contributed by atoms with E-state index in [0.717, 1.165) is 17.7 Å². The van der Waals surface area contributed by atoms with Crippen molar-refractivity contribution >= 4 is 23.6 Å². The molecule has 0 aliphatic carbocycles. The number of benzene rings is 2. The minimum absolute atomic E-state index is 0.0636. The van der Waals surface area contributed by atoms with Crippen LogP contribution in [-0.4, -0.2) is 25.6 Å². The molecule has 7 heteroatoms. The second-order valence-electron chi connectivity index (χ2n) is 4.89. The molecule has 5 nitrogen and oxygen atoms in total. The van der Waals surface area contributed by atoms with Crippen molar-refractivity contribution in [3.63, 3.8) is 0 Å². The summed E-state index contributed by atoms with van der Waals surface area (Å²) in [4.78, 5) is 23.2. The molecule has 2 aromatic rings. The van der Waals surface area contributed by atoms with E-state index in [1.54, 1.807) is 31.4 Å². The van der Waals surface area contributed by atoms with Crippen LogP contribution in [0.25, 0.3) is 6.08 Å². The van der Waals surface area contributed by atoms with Gasteiger partial charge in [-0.3, -0.25) is 4.79 Å². The normalized spacial score (nSPS) is 10.5. The Morgan fingerprint density at radius 2 is 1.80 bits per heavy atom. The van der Waals surface area contributed by atoms with Crippen LogP contribution < -0.4 is 10.1 Å². The van der Waals surface area contributed by atoms with Crippen molar-refractivity contribution in [2.24, 2.45) is 0 Å². The second-order valence-corrected chi connectivity index (χ2v) is 4.89. The van der Waals surface area contributed by atoms with Gasteiger partial charge >= 0.3 is 5.97 Å². The van der Waals surface area contributed by atoms with Crippen molar-refractivity contribution in [3.05, 3.63) is 65.7 Å². The van der Waals surface area contributed by atoms with Crippen molar-refractivity contribution in [2.45, 2.75) is 0 Å². The van der Waals surface area contributed by atoms with Gasteiger partial charge in [-0.1, -0.05) is 12.1 Å². The molecule has 2 aromatic carbocycles. The zero-order chi connectivity index (χ0) is 18.2. The summed E-state index contributed by atoms with van der Waals surface area (Å²) < 4.78 is 35.6. The molecule has 0 heterocycles. The number of halogens is 2. The maximum absolute atomic E-state index is 13.0. The quantitative estimate of drug-likeness (QED) is 0.644. The third-order valence-electron chi connectivity index (χ3n) is 3.08. The molecular formula is C18H15F2NO4. The highest BCUT2D eigenvalue weighted by Gasteiger charge is 2.08. The van der Waals surface area contributed by atoms with Crippen LogP contribution in [0.15, 0.2) is 48.5 Å². The van der Waals surface area contributed by atoms with Gasteiger partial charge in [-0.05, 0) is 35.9 Å². The Morgan fingerprint density at radius 1 is 1.08 bits per heavy atom. The SMILES string of the molecule is COc1ccc(/C=C/C(=O)OCC(=O)Nc2ccc(F)c(F)c2)cc1. The van der Waals surface area contributed by atoms with E-state index in [0.29, 0.717) is 5.75 Å². The van der Waals surface area contributed by atoms with Crippen LogP contribution in [0.5, 0.6) is 5.75 Å². The molecule has 0 bridgehead atoms. The van der Waals surface area contributed by atoms with Gasteiger partial charge in [-0.25, -0.2) is 13.6 Å². The lowest BCUT2D eigenvalue weighted by atomic mass is 10.2. The molecule has 0 aliphatic heterocycles. The first-order chi connectivity index (χ1) is 12.0. The molecule has 2 rings (SSSR count). The third-order valence-corrected chi connectivity index (χ3v) is 3.08. The Bertz CT molecular complexity index is 788. The highest BCUT2D eigenvalue weighted by molar-refractivity contribution is 5.94. The molecule has 0 atom stereocenters. The fourth-order valence-corrected chi connectivity index (χ4v) is 1.84. The Labute approximate surface area is 142 Å². The van der Waals surface area contributed by atoms with Gasteiger partial charge in [0.15, 0.2) is 18.2 Å². The Kier molecular flexibility index (Phi) is 6.22. The van der Waals surface area contributed by atoms with Crippen LogP contribution in [0.2, 0.25) is 0 Å². The molecule has 0 saturated heterocycles. The van der Waals surface area contributed by atoms with Crippen molar-refractivity contribution < 1.29 is 27.8 Å². The average molecular weight is 347 g/mol. The number of carbonyl (C=O) groups excluding carboxylic acids is 2. The monoisotopic (exact) mass is 347 g/mol. The number of ether oxygens (including phenoxy) is 2. The zero-order valence-corrected chi connectivity index (χ0v) is 13.3. The predicted molar refractivity (Wildman–Crippen MR) is 88.0 cm³/mol. The summed E-state index contributed by atoms with van der Waals surface area (Å²) in [6, 6.07) is 9.88. The van der Waals surface area contributed by atoms with Crippen LogP contribution in [0.4, 0.5) is 14.5 Å². The molecule has 130 valence electrons. The molecule has 0 aromatic heterocycles. The van der Waals surface area contributed by atoms with E-state index in [4.69, 9.17) is 9.47 Å². The number of esters is 1. The molecule has 0 spiro atoms. The smallest absolute Gasteiger partial charge is 0.331 e. The first kappa shape index (κ1) is 18.1. The van der Waals surface area contributed by atoms with Gasteiger partial charge in [0.25, 0.3) is 5.91 Å². The van der Waals surface area contributed by atoms with E-state index in [1.165, 1.54) is 18.2 Å². The van der Waals surface area contributed by atoms with Crippen LogP contribution in [-0.2, 0) is 14.3 Å². The number of carbonyl (C=O) groups is 2. The number of methoxy groups -OCH3 is 1. The summed E-state index contributed by atoms with van der Waals surface area (Å²) in [6.07, 6.45) is 2.70. The van der Waals surface area contributed by atoms with E-state index in [2.05, 4.69) is 5.32 Å². The number of nitrogens with one attached hydrogen (secondary N) is 1. The largest absolute Gasteiger partial charge is 0.497 e. The standard InChI is InChI=1S/C18H15F2NO4/c1-24-14-6-2-12(3-7-14)4-9-18(23)25-11-17(22)21-13-5-8-15(19)16(20)10-13/h2-10H,11H2,1H3,(H,21,22)/b9-4+. The molecule has 0 unspecified atom stereocenters. The maximum Gasteiger partial charge on any atom is 0.331 e. The summed E-state index contributed by atoms with van der Waals surface area (Å²) in [5.74, 6) is -2.80. The van der Waals surface area contributed by atoms with Gasteiger partial charge < -0.3 is 14.8 Å². The fourth-order valence-electron chi connectivity index (χ4n) is 1.84. The van der Waals surface area contributed by atoms with E-state index >= 15 is 0 Å². The predicted octanol–water partition coefficient (Wildman–Crippen LogP) is 3.17. The maximum atomic E-state index is 13.0. The molecule has 0 saturated carbocycles. The minimum atomic E-state index is -1.09. The molecule has 25 heavy (non-hydrogen) atoms. The van der Waals surface area contributed by atoms with E-state index in [9.17, 15) is 18.4 Å². The molecule has 1 N–H and O–H groups in total. The van der Waals surface area contributed by atoms with E-state index < -0.39 is 30.1 Å². The number of amides is 1. The first-order valence-electron chi connectivity index (χ1n) is 7.22. The highest BCUT2D eigenvalue weighted by atomic mass is 19.2. The molecule has 0 fully saturated rings. The first-order valence-corrected chi connectivity index (χ1v) is 7.22. The van der Waals surface area contributed by atoms with Crippen LogP contribution >= 0.6 is 0 Å². The third kappa shape index (κ3) is 5.72. The number of anilines is 1. The van der Waals surface area contributed by atoms with E-state index in [1.807, 2.05) is 0 Å². The highest BCUT2D eigenvalue weighted by Crippen LogP contribution is 2.13. The van der Waals surface area contributed by atoms with Gasteiger partial charge in [0, 0.05) is 17.8 Å². The lowest BCUT2D eigenvalue weighted by Crippen LogP contribution is -2.20. The average Bonchev–Trinajstić information content (AvgIpc) is 2.61. The van der Waals surface area contributed by atoms with Crippen molar-refractivity contribution in [1.82, 2.24) is 0 Å². The Balaban J connectivity index is 1.81. The van der Waals surface area contributed by atoms with Gasteiger partial charge in [-0.15, -0.1) is 0 Å². The number of hydrogen-bond donors (Lipinski definition) is 1. The Hall–Kier alpha value is -3.22. The summed E-state index contributed by atoms with van der Waals surface area (Å²) in [7, 11) is 1.55. The number of rotatable bonds is 6. The number of hydrogen-bond acceptors (Lipinski definition) is 4. The van der Waals surface area contributed by atoms with Crippen molar-refractivity contribution in [2.75, 3.05) is 19.0 Å². The second kappa shape index (κ2) is 8.58. The summed E-state index contributed by atoms with van der Waals surface area (Å²) in [5.41, 5.74) is 0.817. The van der Waals surface area contributed by atoms with E-state index in [-0.39, 0.29) is 5.69 Å². The lowest BCUT2D eigenvalue weighted by Gasteiger charge is -2.05. The molecule has 0 aliphatic rings.